The summed E-state index contributed by atoms with van der Waals surface area (Å²) in [5.41, 5.74) is 0. The molecule has 8 heavy (non-hydrogen) atoms. The Hall–Kier alpha value is 0.999. The van der Waals surface area contributed by atoms with Crippen LogP contribution >= 0.6 is 0 Å². The second kappa shape index (κ2) is 3.92. The van der Waals surface area contributed by atoms with Gasteiger partial charge in [-0.15, -0.1) is 0 Å². The molecule has 0 amide bonds. The molecule has 0 atom stereocenters. The molecule has 0 saturated heterocycles. The Morgan fingerprint density at radius 2 is 1.75 bits per heavy atom. The van der Waals surface area contributed by atoms with Crippen molar-refractivity contribution >= 4 is 29.9 Å². The van der Waals surface area contributed by atoms with Gasteiger partial charge < -0.3 is 0 Å². The molecule has 0 spiro atoms. The topological polar surface area (TPSA) is 20.2 Å². The van der Waals surface area contributed by atoms with Crippen LogP contribution in [0.25, 0.3) is 0 Å². The van der Waals surface area contributed by atoms with Gasteiger partial charge in [0.2, 0.25) is 0 Å². The van der Waals surface area contributed by atoms with E-state index in [9.17, 15) is 5.11 Å². The number of aliphatic hydroxyl groups is 1. The Kier molecular flexibility index (Phi) is 4.41. The van der Waals surface area contributed by atoms with Gasteiger partial charge in [-0.25, -0.2) is 0 Å². The molecule has 3 heteroatoms. The van der Waals surface area contributed by atoms with Gasteiger partial charge in [-0.2, -0.15) is 0 Å². The first-order chi connectivity index (χ1) is 3.68. The van der Waals surface area contributed by atoms with Crippen molar-refractivity contribution in [3.8, 4) is 0 Å². The molecule has 0 aromatic heterocycles. The third-order valence-electron chi connectivity index (χ3n) is 1.08. The summed E-state index contributed by atoms with van der Waals surface area (Å²) in [7, 11) is 0. The van der Waals surface area contributed by atoms with E-state index in [1.165, 1.54) is 0 Å². The minimum atomic E-state index is -0.250. The van der Waals surface area contributed by atoms with E-state index < -0.39 is 0 Å². The molecule has 0 aliphatic heterocycles. The average Bonchev–Trinajstić information content (AvgIpc) is 1.87. The van der Waals surface area contributed by atoms with Crippen LogP contribution in [0.2, 0.25) is 11.6 Å². The summed E-state index contributed by atoms with van der Waals surface area (Å²) in [6, 6.07) is 0. The molecule has 0 rings (SSSR count). The number of rotatable bonds is 3. The first kappa shape index (κ1) is 9.00. The van der Waals surface area contributed by atoms with Crippen molar-refractivity contribution < 1.29 is 5.11 Å². The molecule has 0 radical (unpaired) electrons. The van der Waals surface area contributed by atoms with Crippen LogP contribution in [0.5, 0.6) is 0 Å². The monoisotopic (exact) mass is 248 g/mol. The van der Waals surface area contributed by atoms with Gasteiger partial charge in [0.15, 0.2) is 0 Å². The molecule has 0 bridgehead atoms. The zero-order valence-electron chi connectivity index (χ0n) is 5.47. The van der Waals surface area contributed by atoms with Crippen molar-refractivity contribution in [2.45, 2.75) is 28.4 Å². The molecular formula is C5H12OSe2. The summed E-state index contributed by atoms with van der Waals surface area (Å²) in [4.78, 5) is 0. The third-order valence-corrected chi connectivity index (χ3v) is 8.61. The van der Waals surface area contributed by atoms with Crippen molar-refractivity contribution in [1.82, 2.24) is 0 Å². The summed E-state index contributed by atoms with van der Waals surface area (Å²) >= 11 is 0.826. The molecule has 0 heterocycles. The van der Waals surface area contributed by atoms with Gasteiger partial charge in [0.25, 0.3) is 0 Å². The summed E-state index contributed by atoms with van der Waals surface area (Å²) in [5, 5.41) is 9.49. The van der Waals surface area contributed by atoms with Crippen molar-refractivity contribution in [3.63, 3.8) is 0 Å². The van der Waals surface area contributed by atoms with E-state index in [0.29, 0.717) is 29.9 Å². The molecule has 0 aliphatic carbocycles. The number of hydrogen-bond donors (Lipinski definition) is 1. The van der Waals surface area contributed by atoms with Crippen molar-refractivity contribution in [2.24, 2.45) is 0 Å². The van der Waals surface area contributed by atoms with Gasteiger partial charge in [-0.05, 0) is 0 Å². The predicted octanol–water partition coefficient (Wildman–Crippen LogP) is 0.547. The second-order valence-electron chi connectivity index (χ2n) is 1.47. The Morgan fingerprint density at radius 3 is 1.75 bits per heavy atom. The molecule has 0 fully saturated rings. The quantitative estimate of drug-likeness (QED) is 0.721. The molecule has 50 valence electrons. The van der Waals surface area contributed by atoms with Crippen molar-refractivity contribution in [1.29, 1.82) is 0 Å². The minimum absolute atomic E-state index is 0.250. The van der Waals surface area contributed by atoms with Crippen molar-refractivity contribution in [2.75, 3.05) is 0 Å². The maximum atomic E-state index is 9.49. The summed E-state index contributed by atoms with van der Waals surface area (Å²) < 4.78 is -0.250. The Balaban J connectivity index is 3.58. The van der Waals surface area contributed by atoms with Gasteiger partial charge >= 0.3 is 63.4 Å². The number of hydrogen-bond acceptors (Lipinski definition) is 1. The van der Waals surface area contributed by atoms with Crippen LogP contribution in [0.3, 0.4) is 0 Å². The summed E-state index contributed by atoms with van der Waals surface area (Å²) in [6.45, 7) is 2.05. The van der Waals surface area contributed by atoms with Crippen LogP contribution in [-0.4, -0.2) is 38.4 Å². The molecule has 0 aliphatic rings. The molecule has 0 aromatic rings. The zero-order valence-corrected chi connectivity index (χ0v) is 8.90. The fraction of sp³-hybridized carbons (Fsp3) is 1.00. The van der Waals surface area contributed by atoms with E-state index in [2.05, 4.69) is 18.6 Å². The van der Waals surface area contributed by atoms with Crippen molar-refractivity contribution in [3.05, 3.63) is 0 Å². The van der Waals surface area contributed by atoms with E-state index in [4.69, 9.17) is 0 Å². The van der Waals surface area contributed by atoms with E-state index in [1.807, 2.05) is 0 Å². The first-order valence-electron chi connectivity index (χ1n) is 2.51. The molecule has 0 saturated carbocycles. The van der Waals surface area contributed by atoms with Gasteiger partial charge in [-0.1, -0.05) is 0 Å². The Bertz CT molecular complexity index is 53.2. The average molecular weight is 246 g/mol. The van der Waals surface area contributed by atoms with Gasteiger partial charge in [0.1, 0.15) is 0 Å². The first-order valence-corrected chi connectivity index (χ1v) is 7.65. The predicted molar refractivity (Wildman–Crippen MR) is 38.5 cm³/mol. The van der Waals surface area contributed by atoms with Crippen LogP contribution < -0.4 is 0 Å². The molecule has 1 nitrogen and oxygen atoms in total. The second-order valence-corrected chi connectivity index (χ2v) is 7.33. The van der Waals surface area contributed by atoms with E-state index in [1.54, 1.807) is 0 Å². The summed E-state index contributed by atoms with van der Waals surface area (Å²) in [6.07, 6.45) is 0.931. The maximum absolute atomic E-state index is 9.49. The van der Waals surface area contributed by atoms with E-state index in [0.717, 1.165) is 6.42 Å². The van der Waals surface area contributed by atoms with E-state index in [-0.39, 0.29) is 3.40 Å². The van der Waals surface area contributed by atoms with Crippen LogP contribution in [-0.2, 0) is 0 Å². The normalized spacial score (nSPS) is 12.0. The molecule has 1 N–H and O–H groups in total. The zero-order chi connectivity index (χ0) is 6.62. The fourth-order valence-electron chi connectivity index (χ4n) is 0.372. The van der Waals surface area contributed by atoms with Crippen LogP contribution in [0.15, 0.2) is 0 Å². The molecule has 0 unspecified atom stereocenters. The standard InChI is InChI=1S/C5H12OSe2/c1-4-5(6,7-2)8-3/h6H,4H2,1-3H3. The van der Waals surface area contributed by atoms with Crippen LogP contribution in [0, 0.1) is 0 Å². The third kappa shape index (κ3) is 2.52. The van der Waals surface area contributed by atoms with Gasteiger partial charge in [0.05, 0.1) is 0 Å². The summed E-state index contributed by atoms with van der Waals surface area (Å²) in [5.74, 6) is 4.20. The molecular weight excluding hydrogens is 234 g/mol. The molecule has 0 aromatic carbocycles. The fourth-order valence-corrected chi connectivity index (χ4v) is 3.75. The SMILES string of the molecule is CCC(O)([Se]C)[Se]C. The van der Waals surface area contributed by atoms with E-state index >= 15 is 0 Å². The Labute approximate surface area is 63.6 Å². The van der Waals surface area contributed by atoms with Gasteiger partial charge in [-0.3, -0.25) is 0 Å². The van der Waals surface area contributed by atoms with Crippen LogP contribution in [0.1, 0.15) is 13.3 Å². The van der Waals surface area contributed by atoms with Gasteiger partial charge in [0, 0.05) is 0 Å². The Morgan fingerprint density at radius 1 is 1.38 bits per heavy atom. The van der Waals surface area contributed by atoms with Crippen LogP contribution in [0.4, 0.5) is 0 Å².